The van der Waals surface area contributed by atoms with E-state index in [0.717, 1.165) is 0 Å². The fourth-order valence-corrected chi connectivity index (χ4v) is 0.553. The first-order valence-corrected chi connectivity index (χ1v) is 3.92. The monoisotopic (exact) mass is 150 g/mol. The Balaban J connectivity index is 3.32. The highest BCUT2D eigenvalue weighted by molar-refractivity contribution is 7.51. The van der Waals surface area contributed by atoms with Crippen molar-refractivity contribution in [3.63, 3.8) is 0 Å². The van der Waals surface area contributed by atoms with E-state index < -0.39 is 13.9 Å². The van der Waals surface area contributed by atoms with Crippen molar-refractivity contribution in [1.29, 1.82) is 0 Å². The van der Waals surface area contributed by atoms with Gasteiger partial charge in [-0.05, 0) is 0 Å². The van der Waals surface area contributed by atoms with E-state index in [2.05, 4.69) is 10.7 Å². The zero-order valence-electron chi connectivity index (χ0n) is 4.65. The van der Waals surface area contributed by atoms with E-state index in [0.29, 0.717) is 0 Å². The maximum absolute atomic E-state index is 10.0. The lowest BCUT2D eigenvalue weighted by molar-refractivity contribution is 0.189. The van der Waals surface area contributed by atoms with Gasteiger partial charge in [0.1, 0.15) is 13.0 Å². The lowest BCUT2D eigenvalue weighted by Gasteiger charge is -2.00. The molecule has 4 nitrogen and oxygen atoms in total. The van der Waals surface area contributed by atoms with Crippen molar-refractivity contribution in [2.75, 3.05) is 13.0 Å². The van der Waals surface area contributed by atoms with Crippen molar-refractivity contribution < 1.29 is 19.1 Å². The summed E-state index contributed by atoms with van der Waals surface area (Å²) in [5.41, 5.74) is 0. The molecule has 9 heavy (non-hydrogen) atoms. The minimum Gasteiger partial charge on any atom is -0.356 e. The van der Waals surface area contributed by atoms with Crippen molar-refractivity contribution in [2.45, 2.75) is 0 Å². The summed E-state index contributed by atoms with van der Waals surface area (Å²) in [5, 5.41) is 0. The van der Waals surface area contributed by atoms with Crippen LogP contribution in [0.5, 0.6) is 0 Å². The van der Waals surface area contributed by atoms with Crippen LogP contribution in [0.2, 0.25) is 0 Å². The minimum absolute atomic E-state index is 0.0644. The molecule has 0 aromatic carbocycles. The zero-order chi connectivity index (χ0) is 7.33. The van der Waals surface area contributed by atoms with Crippen LogP contribution in [0.3, 0.4) is 0 Å². The Kier molecular flexibility index (Phi) is 3.52. The van der Waals surface area contributed by atoms with Gasteiger partial charge in [-0.2, -0.15) is 0 Å². The second kappa shape index (κ2) is 3.65. The molecule has 0 spiro atoms. The van der Waals surface area contributed by atoms with Gasteiger partial charge in [-0.15, -0.1) is 6.42 Å². The molecule has 0 amide bonds. The molecule has 0 aliphatic rings. The molecule has 0 aliphatic heterocycles. The van der Waals surface area contributed by atoms with E-state index >= 15 is 0 Å². The highest BCUT2D eigenvalue weighted by atomic mass is 31.2. The molecule has 52 valence electrons. The lowest BCUT2D eigenvalue weighted by Crippen LogP contribution is -1.94. The van der Waals surface area contributed by atoms with Gasteiger partial charge in [-0.25, -0.2) is 0 Å². The van der Waals surface area contributed by atoms with Crippen LogP contribution in [0, 0.1) is 12.3 Å². The fourth-order valence-electron chi connectivity index (χ4n) is 0.223. The van der Waals surface area contributed by atoms with Gasteiger partial charge in [0.25, 0.3) is 0 Å². The molecule has 0 radical (unpaired) electrons. The van der Waals surface area contributed by atoms with Crippen LogP contribution in [0.4, 0.5) is 0 Å². The first-order chi connectivity index (χ1) is 4.06. The van der Waals surface area contributed by atoms with Crippen LogP contribution < -0.4 is 0 Å². The first kappa shape index (κ1) is 8.67. The number of rotatable bonds is 3. The summed E-state index contributed by atoms with van der Waals surface area (Å²) in [5.74, 6) is 2.07. The Morgan fingerprint density at radius 3 is 2.56 bits per heavy atom. The number of terminal acetylenes is 1. The summed E-state index contributed by atoms with van der Waals surface area (Å²) < 4.78 is 14.4. The van der Waals surface area contributed by atoms with Gasteiger partial charge in [0, 0.05) is 0 Å². The van der Waals surface area contributed by atoms with Crippen LogP contribution in [-0.4, -0.2) is 22.7 Å². The smallest absolute Gasteiger partial charge is 0.351 e. The predicted octanol–water partition coefficient (Wildman–Crippen LogP) is -0.229. The van der Waals surface area contributed by atoms with E-state index in [4.69, 9.17) is 16.2 Å². The van der Waals surface area contributed by atoms with E-state index in [1.807, 2.05) is 0 Å². The Hall–Kier alpha value is -0.330. The van der Waals surface area contributed by atoms with Crippen LogP contribution in [-0.2, 0) is 9.30 Å². The first-order valence-electron chi connectivity index (χ1n) is 2.12. The topological polar surface area (TPSA) is 66.8 Å². The molecule has 0 fully saturated rings. The fraction of sp³-hybridized carbons (Fsp3) is 0.500. The Labute approximate surface area is 53.0 Å². The lowest BCUT2D eigenvalue weighted by atomic mass is 10.8. The molecule has 0 aromatic rings. The van der Waals surface area contributed by atoms with Gasteiger partial charge in [0.05, 0.1) is 0 Å². The highest BCUT2D eigenvalue weighted by Gasteiger charge is 2.11. The van der Waals surface area contributed by atoms with E-state index in [9.17, 15) is 4.57 Å². The minimum atomic E-state index is -4.01. The summed E-state index contributed by atoms with van der Waals surface area (Å²) in [6.45, 7) is -0.0644. The van der Waals surface area contributed by atoms with Crippen LogP contribution in [0.25, 0.3) is 0 Å². The Bertz CT molecular complexity index is 152. The van der Waals surface area contributed by atoms with Crippen LogP contribution in [0.15, 0.2) is 0 Å². The van der Waals surface area contributed by atoms with E-state index in [-0.39, 0.29) is 6.61 Å². The summed E-state index contributed by atoms with van der Waals surface area (Å²) in [6, 6.07) is 0. The van der Waals surface area contributed by atoms with Gasteiger partial charge in [0.2, 0.25) is 0 Å². The largest absolute Gasteiger partial charge is 0.356 e. The number of hydrogen-bond donors (Lipinski definition) is 2. The standard InChI is InChI=1S/C4H7O4P/c1-2-3-8-4-9(5,6)7/h1H,3-4H2,(H2,5,6,7). The average molecular weight is 150 g/mol. The number of ether oxygens (including phenoxy) is 1. The molecule has 0 heterocycles. The maximum Gasteiger partial charge on any atom is 0.351 e. The molecule has 0 aromatic heterocycles. The van der Waals surface area contributed by atoms with Gasteiger partial charge in [0.15, 0.2) is 0 Å². The third kappa shape index (κ3) is 7.67. The van der Waals surface area contributed by atoms with Crippen molar-refractivity contribution in [2.24, 2.45) is 0 Å². The quantitative estimate of drug-likeness (QED) is 0.331. The third-order valence-corrected chi connectivity index (χ3v) is 0.964. The average Bonchev–Trinajstić information content (AvgIpc) is 1.63. The Morgan fingerprint density at radius 2 is 2.22 bits per heavy atom. The molecule has 0 saturated heterocycles. The van der Waals surface area contributed by atoms with E-state index in [1.165, 1.54) is 0 Å². The second-order valence-corrected chi connectivity index (χ2v) is 2.93. The molecule has 0 rings (SSSR count). The summed E-state index contributed by atoms with van der Waals surface area (Å²) in [6.07, 6.45) is 4.13. The van der Waals surface area contributed by atoms with Crippen molar-refractivity contribution in [1.82, 2.24) is 0 Å². The van der Waals surface area contributed by atoms with Crippen molar-refractivity contribution in [3.05, 3.63) is 0 Å². The molecule has 0 bridgehead atoms. The van der Waals surface area contributed by atoms with Crippen molar-refractivity contribution in [3.8, 4) is 12.3 Å². The van der Waals surface area contributed by atoms with Gasteiger partial charge in [-0.1, -0.05) is 5.92 Å². The predicted molar refractivity (Wildman–Crippen MR) is 31.7 cm³/mol. The molecule has 5 heteroatoms. The van der Waals surface area contributed by atoms with Gasteiger partial charge in [-0.3, -0.25) is 4.57 Å². The maximum atomic E-state index is 10.0. The Morgan fingerprint density at radius 1 is 1.67 bits per heavy atom. The molecule has 0 unspecified atom stereocenters. The highest BCUT2D eigenvalue weighted by Crippen LogP contribution is 2.33. The number of hydrogen-bond acceptors (Lipinski definition) is 2. The van der Waals surface area contributed by atoms with Crippen LogP contribution >= 0.6 is 7.60 Å². The molecular formula is C4H7O4P. The molecule has 2 N–H and O–H groups in total. The summed E-state index contributed by atoms with van der Waals surface area (Å²) >= 11 is 0. The van der Waals surface area contributed by atoms with Gasteiger partial charge < -0.3 is 14.5 Å². The summed E-state index contributed by atoms with van der Waals surface area (Å²) in [7, 11) is -4.01. The molecule has 0 saturated carbocycles. The molecule has 0 aliphatic carbocycles. The second-order valence-electron chi connectivity index (χ2n) is 1.35. The van der Waals surface area contributed by atoms with Crippen LogP contribution in [0.1, 0.15) is 0 Å². The van der Waals surface area contributed by atoms with E-state index in [1.54, 1.807) is 0 Å². The van der Waals surface area contributed by atoms with Gasteiger partial charge >= 0.3 is 7.60 Å². The molecular weight excluding hydrogens is 143 g/mol. The summed E-state index contributed by atoms with van der Waals surface area (Å²) in [4.78, 5) is 16.3. The van der Waals surface area contributed by atoms with Crippen molar-refractivity contribution >= 4 is 7.60 Å². The SMILES string of the molecule is C#CCOCP(=O)(O)O. The third-order valence-electron chi connectivity index (χ3n) is 0.445. The zero-order valence-corrected chi connectivity index (χ0v) is 5.54. The normalized spacial score (nSPS) is 10.8. The molecule has 0 atom stereocenters.